The maximum atomic E-state index is 13.5. The van der Waals surface area contributed by atoms with E-state index < -0.39 is 0 Å². The smallest absolute Gasteiger partial charge is 0.259 e. The zero-order chi connectivity index (χ0) is 19.4. The van der Waals surface area contributed by atoms with E-state index in [1.807, 2.05) is 11.0 Å². The Morgan fingerprint density at radius 1 is 1.41 bits per heavy atom. The number of nitrogens with two attached hydrogens (primary N) is 1. The van der Waals surface area contributed by atoms with Gasteiger partial charge in [0, 0.05) is 24.7 Å². The zero-order valence-electron chi connectivity index (χ0n) is 16.8. The topological polar surface area (TPSA) is 85.2 Å². The molecule has 1 atom stereocenters. The average Bonchev–Trinajstić information content (AvgIpc) is 3.28. The average molecular weight is 370 g/mol. The van der Waals surface area contributed by atoms with Crippen LogP contribution >= 0.6 is 0 Å². The second-order valence-electron chi connectivity index (χ2n) is 9.91. The number of carbonyl (C=O) groups is 1. The van der Waals surface area contributed by atoms with E-state index in [1.165, 1.54) is 0 Å². The quantitative estimate of drug-likeness (QED) is 0.890. The predicted molar refractivity (Wildman–Crippen MR) is 105 cm³/mol. The van der Waals surface area contributed by atoms with Crippen molar-refractivity contribution in [3.63, 3.8) is 0 Å². The molecule has 1 aliphatic heterocycles. The molecule has 6 nitrogen and oxygen atoms in total. The van der Waals surface area contributed by atoms with Crippen LogP contribution in [0.15, 0.2) is 10.6 Å². The largest absolute Gasteiger partial charge is 0.338 e. The summed E-state index contributed by atoms with van der Waals surface area (Å²) in [7, 11) is 0. The maximum absolute atomic E-state index is 13.5. The molecule has 4 rings (SSSR count). The highest BCUT2D eigenvalue weighted by Gasteiger charge is 2.37. The molecule has 1 saturated heterocycles. The molecule has 3 heterocycles. The molecule has 0 bridgehead atoms. The fourth-order valence-electron chi connectivity index (χ4n) is 3.94. The fourth-order valence-corrected chi connectivity index (χ4v) is 3.94. The van der Waals surface area contributed by atoms with E-state index in [4.69, 9.17) is 10.3 Å². The number of fused-ring (bicyclic) bond motifs is 1. The summed E-state index contributed by atoms with van der Waals surface area (Å²) in [5.41, 5.74) is 8.98. The summed E-state index contributed by atoms with van der Waals surface area (Å²) in [6.45, 7) is 10.7. The third-order valence-electron chi connectivity index (χ3n) is 5.80. The van der Waals surface area contributed by atoms with Crippen LogP contribution in [0.1, 0.15) is 74.6 Å². The van der Waals surface area contributed by atoms with Crippen molar-refractivity contribution in [2.45, 2.75) is 59.3 Å². The third-order valence-corrected chi connectivity index (χ3v) is 5.80. The van der Waals surface area contributed by atoms with Crippen LogP contribution in [0.3, 0.4) is 0 Å². The summed E-state index contributed by atoms with van der Waals surface area (Å²) in [6.07, 6.45) is 3.94. The number of likely N-dealkylation sites (tertiary alicyclic amines) is 1. The van der Waals surface area contributed by atoms with Crippen molar-refractivity contribution in [1.29, 1.82) is 0 Å². The lowest BCUT2D eigenvalue weighted by Crippen LogP contribution is -2.34. The zero-order valence-corrected chi connectivity index (χ0v) is 16.8. The fraction of sp³-hybridized carbons (Fsp3) is 0.667. The van der Waals surface area contributed by atoms with Crippen molar-refractivity contribution in [3.05, 3.63) is 23.0 Å². The predicted octanol–water partition coefficient (Wildman–Crippen LogP) is 3.50. The van der Waals surface area contributed by atoms with Crippen LogP contribution in [0, 0.1) is 10.8 Å². The van der Waals surface area contributed by atoms with E-state index in [2.05, 4.69) is 37.8 Å². The van der Waals surface area contributed by atoms with Crippen LogP contribution in [0.4, 0.5) is 0 Å². The van der Waals surface area contributed by atoms with Gasteiger partial charge in [-0.3, -0.25) is 4.79 Å². The molecule has 1 aliphatic carbocycles. The van der Waals surface area contributed by atoms with Gasteiger partial charge in [0.05, 0.1) is 16.6 Å². The highest BCUT2D eigenvalue weighted by atomic mass is 16.5. The van der Waals surface area contributed by atoms with E-state index in [0.29, 0.717) is 30.3 Å². The molecule has 2 N–H and O–H groups in total. The van der Waals surface area contributed by atoms with Crippen molar-refractivity contribution < 1.29 is 9.32 Å². The number of hydrogen-bond donors (Lipinski definition) is 1. The third kappa shape index (κ3) is 3.59. The Morgan fingerprint density at radius 3 is 2.74 bits per heavy atom. The van der Waals surface area contributed by atoms with Crippen LogP contribution < -0.4 is 5.73 Å². The minimum Gasteiger partial charge on any atom is -0.338 e. The van der Waals surface area contributed by atoms with E-state index in [0.717, 1.165) is 49.0 Å². The molecule has 1 amide bonds. The van der Waals surface area contributed by atoms with Crippen molar-refractivity contribution in [3.8, 4) is 0 Å². The number of pyridine rings is 1. The number of amides is 1. The van der Waals surface area contributed by atoms with E-state index in [9.17, 15) is 4.79 Å². The first kappa shape index (κ1) is 18.4. The van der Waals surface area contributed by atoms with Crippen molar-refractivity contribution >= 4 is 17.0 Å². The van der Waals surface area contributed by atoms with Gasteiger partial charge in [0.15, 0.2) is 0 Å². The van der Waals surface area contributed by atoms with Crippen molar-refractivity contribution in [2.75, 3.05) is 19.6 Å². The van der Waals surface area contributed by atoms with E-state index in [1.54, 1.807) is 0 Å². The highest BCUT2D eigenvalue weighted by molar-refractivity contribution is 6.06. The van der Waals surface area contributed by atoms with Crippen LogP contribution in [0.2, 0.25) is 0 Å². The van der Waals surface area contributed by atoms with Gasteiger partial charge in [-0.15, -0.1) is 0 Å². The molecular formula is C21H30N4O2. The first-order valence-electron chi connectivity index (χ1n) is 9.98. The van der Waals surface area contributed by atoms with Crippen LogP contribution in [0.25, 0.3) is 11.1 Å². The number of nitrogens with zero attached hydrogens (tertiary/aromatic N) is 3. The van der Waals surface area contributed by atoms with Crippen LogP contribution in [-0.2, 0) is 6.42 Å². The second-order valence-corrected chi connectivity index (χ2v) is 9.91. The Hall–Kier alpha value is -1.95. The van der Waals surface area contributed by atoms with Gasteiger partial charge in [-0.1, -0.05) is 32.9 Å². The molecule has 0 aromatic carbocycles. The summed E-state index contributed by atoms with van der Waals surface area (Å²) in [5, 5.41) is 5.08. The number of aromatic nitrogens is 2. The Bertz CT molecular complexity index is 878. The summed E-state index contributed by atoms with van der Waals surface area (Å²) in [5.74, 6) is 0.504. The Labute approximate surface area is 160 Å². The molecule has 2 aromatic rings. The van der Waals surface area contributed by atoms with E-state index >= 15 is 0 Å². The molecule has 0 spiro atoms. The Balaban J connectivity index is 1.77. The Morgan fingerprint density at radius 2 is 2.15 bits per heavy atom. The number of hydrogen-bond acceptors (Lipinski definition) is 5. The molecule has 146 valence electrons. The van der Waals surface area contributed by atoms with Gasteiger partial charge in [0.2, 0.25) is 0 Å². The van der Waals surface area contributed by atoms with Crippen LogP contribution in [0.5, 0.6) is 0 Å². The van der Waals surface area contributed by atoms with Gasteiger partial charge in [-0.25, -0.2) is 4.98 Å². The molecule has 6 heteroatoms. The lowest BCUT2D eigenvalue weighted by atomic mass is 9.89. The van der Waals surface area contributed by atoms with Gasteiger partial charge in [-0.2, -0.15) is 0 Å². The minimum atomic E-state index is 0.00398. The summed E-state index contributed by atoms with van der Waals surface area (Å²) >= 11 is 0. The molecule has 27 heavy (non-hydrogen) atoms. The molecule has 1 unspecified atom stereocenters. The maximum Gasteiger partial charge on any atom is 0.259 e. The lowest BCUT2D eigenvalue weighted by molar-refractivity contribution is 0.0778. The molecule has 0 radical (unpaired) electrons. The normalized spacial score (nSPS) is 23.4. The molecular weight excluding hydrogens is 340 g/mol. The molecule has 2 aliphatic rings. The van der Waals surface area contributed by atoms with Gasteiger partial charge in [0.25, 0.3) is 11.6 Å². The van der Waals surface area contributed by atoms with Gasteiger partial charge in [-0.05, 0) is 49.1 Å². The first-order chi connectivity index (χ1) is 12.7. The lowest BCUT2D eigenvalue weighted by Gasteiger charge is -2.23. The van der Waals surface area contributed by atoms with Gasteiger partial charge < -0.3 is 15.2 Å². The monoisotopic (exact) mass is 370 g/mol. The van der Waals surface area contributed by atoms with Crippen molar-refractivity contribution in [2.24, 2.45) is 16.6 Å². The van der Waals surface area contributed by atoms with Crippen LogP contribution in [-0.4, -0.2) is 40.6 Å². The summed E-state index contributed by atoms with van der Waals surface area (Å²) < 4.78 is 5.58. The SMILES string of the molecule is CC(C)(C)Cc1noc2nc(C3CC3)cc(C(=O)N3CCC(C)(CN)C3)c12. The minimum absolute atomic E-state index is 0.00398. The van der Waals surface area contributed by atoms with E-state index in [-0.39, 0.29) is 16.7 Å². The summed E-state index contributed by atoms with van der Waals surface area (Å²) in [4.78, 5) is 20.1. The highest BCUT2D eigenvalue weighted by Crippen LogP contribution is 2.41. The van der Waals surface area contributed by atoms with Crippen molar-refractivity contribution in [1.82, 2.24) is 15.0 Å². The molecule has 1 saturated carbocycles. The number of rotatable bonds is 4. The van der Waals surface area contributed by atoms with Gasteiger partial charge >= 0.3 is 0 Å². The molecule has 2 fully saturated rings. The van der Waals surface area contributed by atoms with Gasteiger partial charge in [0.1, 0.15) is 0 Å². The first-order valence-corrected chi connectivity index (χ1v) is 9.98. The summed E-state index contributed by atoms with van der Waals surface area (Å²) in [6, 6.07) is 1.99. The Kier molecular flexibility index (Phi) is 4.29. The standard InChI is InChI=1S/C21H30N4O2/c1-20(2,3)10-16-17-14(19(26)25-8-7-21(4,11-22)12-25)9-15(13-5-6-13)23-18(17)27-24-16/h9,13H,5-8,10-12,22H2,1-4H3. The number of carbonyl (C=O) groups excluding carboxylic acids is 1. The molecule has 2 aromatic heterocycles. The second kappa shape index (κ2) is 6.30.